The molecule has 4 aromatic rings. The Hall–Kier alpha value is -3.27. The molecule has 10 heteroatoms. The quantitative estimate of drug-likeness (QED) is 0.184. The Morgan fingerprint density at radius 1 is 1.07 bits per heavy atom. The van der Waals surface area contributed by atoms with Gasteiger partial charge in [0.2, 0.25) is 11.1 Å². The van der Waals surface area contributed by atoms with Gasteiger partial charge in [-0.05, 0) is 66.8 Å². The monoisotopic (exact) mass is 650 g/mol. The van der Waals surface area contributed by atoms with Gasteiger partial charge in [0.25, 0.3) is 0 Å². The third kappa shape index (κ3) is 6.03. The van der Waals surface area contributed by atoms with Gasteiger partial charge in [-0.25, -0.2) is 4.68 Å². The van der Waals surface area contributed by atoms with Crippen molar-refractivity contribution in [2.75, 3.05) is 11.9 Å². The Bertz CT molecular complexity index is 1620. The average Bonchev–Trinajstić information content (AvgIpc) is 3.38. The van der Waals surface area contributed by atoms with E-state index in [0.29, 0.717) is 53.0 Å². The van der Waals surface area contributed by atoms with Gasteiger partial charge in [0.15, 0.2) is 17.3 Å². The number of ether oxygens (including phenoxy) is 2. The van der Waals surface area contributed by atoms with Crippen LogP contribution in [0.5, 0.6) is 11.5 Å². The van der Waals surface area contributed by atoms with Crippen molar-refractivity contribution in [3.63, 3.8) is 0 Å². The van der Waals surface area contributed by atoms with E-state index in [2.05, 4.69) is 21.2 Å². The van der Waals surface area contributed by atoms with E-state index in [1.54, 1.807) is 0 Å². The van der Waals surface area contributed by atoms with Crippen LogP contribution < -0.4 is 14.8 Å². The Kier molecular flexibility index (Phi) is 8.37. The van der Waals surface area contributed by atoms with Gasteiger partial charge in [-0.1, -0.05) is 75.7 Å². The molecule has 2 aliphatic rings. The van der Waals surface area contributed by atoms with Crippen molar-refractivity contribution < 1.29 is 14.3 Å². The lowest BCUT2D eigenvalue weighted by Crippen LogP contribution is -2.31. The number of allylic oxidation sites excluding steroid dienone is 2. The Morgan fingerprint density at radius 2 is 1.90 bits per heavy atom. The first-order valence-corrected chi connectivity index (χ1v) is 15.7. The molecule has 0 bridgehead atoms. The second-order valence-electron chi connectivity index (χ2n) is 9.79. The molecular weight excluding hydrogens is 624 g/mol. The van der Waals surface area contributed by atoms with E-state index in [4.69, 9.17) is 31.2 Å². The average molecular weight is 652 g/mol. The van der Waals surface area contributed by atoms with Gasteiger partial charge in [0.05, 0.1) is 6.61 Å². The summed E-state index contributed by atoms with van der Waals surface area (Å²) in [6.45, 7) is 2.83. The van der Waals surface area contributed by atoms with Crippen molar-refractivity contribution >= 4 is 51.0 Å². The fourth-order valence-corrected chi connectivity index (χ4v) is 6.47. The molecule has 2 heterocycles. The van der Waals surface area contributed by atoms with Crippen molar-refractivity contribution in [3.05, 3.63) is 104 Å². The summed E-state index contributed by atoms with van der Waals surface area (Å²) in [6, 6.07) is 21.2. The maximum Gasteiger partial charge on any atom is 0.227 e. The van der Waals surface area contributed by atoms with E-state index >= 15 is 0 Å². The fraction of sp³-hybridized carbons (Fsp3) is 0.258. The number of anilines is 1. The lowest BCUT2D eigenvalue weighted by molar-refractivity contribution is -0.116. The van der Waals surface area contributed by atoms with Gasteiger partial charge in [-0.15, -0.1) is 5.10 Å². The number of ketones is 1. The van der Waals surface area contributed by atoms with E-state index in [1.165, 1.54) is 11.8 Å². The molecule has 6 rings (SSSR count). The lowest BCUT2D eigenvalue weighted by atomic mass is 9.85. The van der Waals surface area contributed by atoms with Crippen LogP contribution in [0.2, 0.25) is 5.02 Å². The van der Waals surface area contributed by atoms with Gasteiger partial charge >= 0.3 is 0 Å². The van der Waals surface area contributed by atoms with E-state index in [9.17, 15) is 4.79 Å². The van der Waals surface area contributed by atoms with Gasteiger partial charge in [0.1, 0.15) is 12.6 Å². The number of fused-ring (bicyclic) bond motifs is 1. The van der Waals surface area contributed by atoms with Crippen LogP contribution in [0.4, 0.5) is 5.95 Å². The van der Waals surface area contributed by atoms with Crippen LogP contribution in [0.1, 0.15) is 48.9 Å². The fourth-order valence-electron chi connectivity index (χ4n) is 5.09. The zero-order valence-corrected chi connectivity index (χ0v) is 25.6. The Balaban J connectivity index is 1.32. The number of hydrogen-bond acceptors (Lipinski definition) is 7. The maximum atomic E-state index is 13.3. The first-order chi connectivity index (χ1) is 20.0. The summed E-state index contributed by atoms with van der Waals surface area (Å²) >= 11 is 11.4. The van der Waals surface area contributed by atoms with Crippen molar-refractivity contribution in [1.29, 1.82) is 0 Å². The van der Waals surface area contributed by atoms with Crippen LogP contribution in [-0.2, 0) is 17.2 Å². The summed E-state index contributed by atoms with van der Waals surface area (Å²) < 4.78 is 15.0. The number of rotatable bonds is 9. The molecule has 41 heavy (non-hydrogen) atoms. The summed E-state index contributed by atoms with van der Waals surface area (Å²) in [7, 11) is 0. The smallest absolute Gasteiger partial charge is 0.227 e. The molecule has 0 amide bonds. The molecule has 1 aromatic heterocycles. The molecule has 1 aliphatic carbocycles. The predicted octanol–water partition coefficient (Wildman–Crippen LogP) is 7.99. The number of carbonyl (C=O) groups excluding carboxylic acids is 1. The lowest BCUT2D eigenvalue weighted by Gasteiger charge is -2.32. The first-order valence-electron chi connectivity index (χ1n) is 13.5. The third-order valence-corrected chi connectivity index (χ3v) is 8.84. The van der Waals surface area contributed by atoms with Crippen LogP contribution in [0, 0.1) is 0 Å². The summed E-state index contributed by atoms with van der Waals surface area (Å²) in [5.41, 5.74) is 4.62. The van der Waals surface area contributed by atoms with E-state index < -0.39 is 6.04 Å². The number of aromatic nitrogens is 3. The Morgan fingerprint density at radius 3 is 2.71 bits per heavy atom. The molecule has 1 atom stereocenters. The minimum Gasteiger partial charge on any atom is -0.490 e. The topological polar surface area (TPSA) is 78.3 Å². The third-order valence-electron chi connectivity index (χ3n) is 7.05. The number of halogens is 2. The molecule has 210 valence electrons. The number of nitrogens with zero attached hydrogens (tertiary/aromatic N) is 3. The largest absolute Gasteiger partial charge is 0.490 e. The zero-order valence-electron chi connectivity index (χ0n) is 22.4. The van der Waals surface area contributed by atoms with Crippen molar-refractivity contribution in [2.24, 2.45) is 0 Å². The van der Waals surface area contributed by atoms with Gasteiger partial charge in [-0.3, -0.25) is 4.79 Å². The molecule has 3 aromatic carbocycles. The standard InChI is InChI=1S/C31H28BrClN4O3S/c1-2-39-27-16-20(12-15-26(27)40-17-19-10-13-22(32)14-11-19)29-28-24(8-5-9-25(28)38)34-30-35-31(36-37(29)30)41-18-21-6-3-4-7-23(21)33/h3-4,6-7,10-16,29H,2,5,8-9,17-18H2,1H3,(H,34,35,36). The minimum atomic E-state index is -0.420. The highest BCUT2D eigenvalue weighted by atomic mass is 79.9. The van der Waals surface area contributed by atoms with E-state index in [0.717, 1.165) is 45.3 Å². The number of benzene rings is 3. The Labute approximate surface area is 256 Å². The maximum absolute atomic E-state index is 13.3. The predicted molar refractivity (Wildman–Crippen MR) is 165 cm³/mol. The number of thioether (sulfide) groups is 1. The van der Waals surface area contributed by atoms with Gasteiger partial charge < -0.3 is 14.8 Å². The minimum absolute atomic E-state index is 0.128. The van der Waals surface area contributed by atoms with Crippen molar-refractivity contribution in [2.45, 2.75) is 49.7 Å². The second-order valence-corrected chi connectivity index (χ2v) is 12.1. The number of carbonyl (C=O) groups is 1. The van der Waals surface area contributed by atoms with Crippen LogP contribution in [0.3, 0.4) is 0 Å². The number of hydrogen-bond donors (Lipinski definition) is 1. The molecular formula is C31H28BrClN4O3S. The highest BCUT2D eigenvalue weighted by molar-refractivity contribution is 9.10. The van der Waals surface area contributed by atoms with Crippen LogP contribution >= 0.6 is 39.3 Å². The first kappa shape index (κ1) is 27.9. The molecule has 0 fully saturated rings. The van der Waals surface area contributed by atoms with Crippen LogP contribution in [-0.4, -0.2) is 27.2 Å². The van der Waals surface area contributed by atoms with Gasteiger partial charge in [0, 0.05) is 32.9 Å². The van der Waals surface area contributed by atoms with E-state index in [1.807, 2.05) is 78.3 Å². The molecule has 0 spiro atoms. The molecule has 0 radical (unpaired) electrons. The summed E-state index contributed by atoms with van der Waals surface area (Å²) in [4.78, 5) is 18.1. The molecule has 0 saturated heterocycles. The highest BCUT2D eigenvalue weighted by Gasteiger charge is 2.37. The number of Topliss-reactive ketones (excluding diaryl/α,β-unsaturated/α-hetero) is 1. The molecule has 1 N–H and O–H groups in total. The molecule has 1 unspecified atom stereocenters. The molecule has 0 saturated carbocycles. The molecule has 7 nitrogen and oxygen atoms in total. The van der Waals surface area contributed by atoms with Crippen LogP contribution in [0.15, 0.2) is 87.6 Å². The highest BCUT2D eigenvalue weighted by Crippen LogP contribution is 2.43. The van der Waals surface area contributed by atoms with Crippen molar-refractivity contribution in [1.82, 2.24) is 14.8 Å². The number of nitrogens with one attached hydrogen (secondary N) is 1. The van der Waals surface area contributed by atoms with E-state index in [-0.39, 0.29) is 5.78 Å². The van der Waals surface area contributed by atoms with Crippen LogP contribution in [0.25, 0.3) is 0 Å². The van der Waals surface area contributed by atoms with Gasteiger partial charge in [-0.2, -0.15) is 4.98 Å². The SMILES string of the molecule is CCOc1cc(C2C3=C(CCCC3=O)Nc3nc(SCc4ccccc4Cl)nn32)ccc1OCc1ccc(Br)cc1. The van der Waals surface area contributed by atoms with Crippen molar-refractivity contribution in [3.8, 4) is 11.5 Å². The molecule has 1 aliphatic heterocycles. The summed E-state index contributed by atoms with van der Waals surface area (Å²) in [6.07, 6.45) is 2.12. The normalized spacial score (nSPS) is 16.2. The summed E-state index contributed by atoms with van der Waals surface area (Å²) in [5, 5.41) is 9.59. The zero-order chi connectivity index (χ0) is 28.3. The second kappa shape index (κ2) is 12.3. The summed E-state index contributed by atoms with van der Waals surface area (Å²) in [5.74, 6) is 2.66.